The molecule has 2 rings (SSSR count). The number of aliphatic hydroxyl groups is 1. The Balaban J connectivity index is 2.47. The molecule has 3 nitrogen and oxygen atoms in total. The second-order valence-corrected chi connectivity index (χ2v) is 14.5. The SMILES string of the molecule is C\C=C(C)/C(=C\C(=C\O)CCCCCCC)C(C)(C)C1=CCC=CC(C(C)(C)c2cc(CCCCCCCC)c(N=O)cc2C)=C1. The summed E-state index contributed by atoms with van der Waals surface area (Å²) in [6, 6.07) is 4.26. The maximum atomic E-state index is 11.8. The van der Waals surface area contributed by atoms with E-state index in [-0.39, 0.29) is 10.8 Å². The van der Waals surface area contributed by atoms with Crippen LogP contribution in [0.1, 0.15) is 156 Å². The number of rotatable bonds is 20. The molecule has 1 aromatic rings. The number of benzene rings is 1. The minimum atomic E-state index is -0.274. The fourth-order valence-corrected chi connectivity index (χ4v) is 6.83. The Bertz CT molecular complexity index is 1310. The monoisotopic (exact) mass is 628 g/mol. The highest BCUT2D eigenvalue weighted by atomic mass is 16.3. The molecule has 1 aromatic carbocycles. The van der Waals surface area contributed by atoms with Crippen LogP contribution in [0, 0.1) is 17.2 Å². The van der Waals surface area contributed by atoms with Crippen LogP contribution < -0.4 is 0 Å². The molecular weight excluding hydrogens is 562 g/mol. The lowest BCUT2D eigenvalue weighted by Gasteiger charge is -2.34. The molecule has 0 aliphatic heterocycles. The van der Waals surface area contributed by atoms with Crippen LogP contribution in [0.5, 0.6) is 0 Å². The third kappa shape index (κ3) is 11.1. The van der Waals surface area contributed by atoms with Crippen LogP contribution in [0.25, 0.3) is 0 Å². The first-order valence-electron chi connectivity index (χ1n) is 18.2. The van der Waals surface area contributed by atoms with Crippen molar-refractivity contribution in [1.82, 2.24) is 0 Å². The van der Waals surface area contributed by atoms with Crippen molar-refractivity contribution in [1.29, 1.82) is 0 Å². The minimum Gasteiger partial charge on any atom is -0.515 e. The van der Waals surface area contributed by atoms with Crippen LogP contribution in [0.15, 0.2) is 87.9 Å². The van der Waals surface area contributed by atoms with E-state index in [1.165, 1.54) is 91.9 Å². The van der Waals surface area contributed by atoms with Gasteiger partial charge in [-0.1, -0.05) is 147 Å². The minimum absolute atomic E-state index is 0.272. The Morgan fingerprint density at radius 3 is 2.15 bits per heavy atom. The third-order valence-electron chi connectivity index (χ3n) is 10.1. The molecule has 254 valence electrons. The molecule has 0 spiro atoms. The van der Waals surface area contributed by atoms with E-state index in [9.17, 15) is 10.0 Å². The molecule has 0 amide bonds. The van der Waals surface area contributed by atoms with Crippen molar-refractivity contribution in [3.63, 3.8) is 0 Å². The number of allylic oxidation sites excluding steroid dienone is 11. The first-order chi connectivity index (χ1) is 22.0. The standard InChI is InChI=1S/C43H65NO2/c1-10-13-15-17-19-21-25-36-30-40(34(5)28-41(36)44-46)43(8,9)38-27-23-22-26-37(31-38)42(6,7)39(33(4)12-3)29-35(32-45)24-20-18-16-14-11-2/h12,23,26-32,45H,10-11,13-22,24-25H2,1-9H3/b33-12-,35-32+,39-29+. The molecule has 0 atom stereocenters. The summed E-state index contributed by atoms with van der Waals surface area (Å²) in [5.74, 6) is 0. The normalized spacial score (nSPS) is 15.1. The molecule has 0 fully saturated rings. The predicted octanol–water partition coefficient (Wildman–Crippen LogP) is 14.1. The number of unbranched alkanes of at least 4 members (excludes halogenated alkanes) is 9. The molecule has 3 heteroatoms. The highest BCUT2D eigenvalue weighted by molar-refractivity contribution is 5.57. The van der Waals surface area contributed by atoms with Gasteiger partial charge in [0.05, 0.1) is 6.26 Å². The average Bonchev–Trinajstić information content (AvgIpc) is 3.32. The zero-order valence-corrected chi connectivity index (χ0v) is 30.9. The maximum Gasteiger partial charge on any atom is 0.111 e. The Morgan fingerprint density at radius 1 is 0.913 bits per heavy atom. The van der Waals surface area contributed by atoms with Gasteiger partial charge in [-0.3, -0.25) is 0 Å². The lowest BCUT2D eigenvalue weighted by atomic mass is 9.70. The molecule has 0 radical (unpaired) electrons. The summed E-state index contributed by atoms with van der Waals surface area (Å²) in [7, 11) is 0. The fraction of sp³-hybridized carbons (Fsp3) is 0.581. The molecule has 46 heavy (non-hydrogen) atoms. The van der Waals surface area contributed by atoms with Gasteiger partial charge in [-0.15, -0.1) is 4.91 Å². The van der Waals surface area contributed by atoms with Gasteiger partial charge in [-0.2, -0.15) is 0 Å². The fourth-order valence-electron chi connectivity index (χ4n) is 6.83. The molecule has 0 saturated carbocycles. The molecule has 0 bridgehead atoms. The quantitative estimate of drug-likeness (QED) is 0.0676. The van der Waals surface area contributed by atoms with E-state index in [2.05, 4.69) is 110 Å². The summed E-state index contributed by atoms with van der Waals surface area (Å²) in [5, 5.41) is 13.7. The Morgan fingerprint density at radius 2 is 1.54 bits per heavy atom. The maximum absolute atomic E-state index is 11.8. The van der Waals surface area contributed by atoms with Gasteiger partial charge in [0.15, 0.2) is 0 Å². The van der Waals surface area contributed by atoms with Gasteiger partial charge in [0, 0.05) is 10.8 Å². The van der Waals surface area contributed by atoms with E-state index in [0.29, 0.717) is 5.69 Å². The summed E-state index contributed by atoms with van der Waals surface area (Å²) in [5.41, 5.74) is 9.48. The summed E-state index contributed by atoms with van der Waals surface area (Å²) < 4.78 is 0. The smallest absolute Gasteiger partial charge is 0.111 e. The van der Waals surface area contributed by atoms with Crippen molar-refractivity contribution >= 4 is 5.69 Å². The number of aryl methyl sites for hydroxylation is 2. The molecule has 1 N–H and O–H groups in total. The lowest BCUT2D eigenvalue weighted by Crippen LogP contribution is -2.23. The Hall–Kier alpha value is -2.94. The molecule has 0 saturated heterocycles. The van der Waals surface area contributed by atoms with E-state index >= 15 is 0 Å². The van der Waals surface area contributed by atoms with Crippen LogP contribution in [0.4, 0.5) is 5.69 Å². The molecule has 1 aliphatic rings. The molecule has 1 aliphatic carbocycles. The molecular formula is C43H65NO2. The summed E-state index contributed by atoms with van der Waals surface area (Å²) in [4.78, 5) is 11.8. The number of hydrogen-bond donors (Lipinski definition) is 1. The van der Waals surface area contributed by atoms with Gasteiger partial charge >= 0.3 is 0 Å². The number of nitroso groups, excluding NO2 is 1. The van der Waals surface area contributed by atoms with Crippen molar-refractivity contribution < 1.29 is 5.11 Å². The van der Waals surface area contributed by atoms with Gasteiger partial charge in [0.25, 0.3) is 0 Å². The van der Waals surface area contributed by atoms with Crippen LogP contribution in [-0.2, 0) is 11.8 Å². The van der Waals surface area contributed by atoms with Crippen molar-refractivity contribution in [2.24, 2.45) is 10.6 Å². The topological polar surface area (TPSA) is 49.7 Å². The Labute approximate surface area is 282 Å². The number of nitrogens with zero attached hydrogens (tertiary/aromatic N) is 1. The second kappa shape index (κ2) is 19.7. The second-order valence-electron chi connectivity index (χ2n) is 14.5. The van der Waals surface area contributed by atoms with Gasteiger partial charge in [-0.05, 0) is 103 Å². The zero-order valence-electron chi connectivity index (χ0n) is 30.9. The summed E-state index contributed by atoms with van der Waals surface area (Å²) >= 11 is 0. The van der Waals surface area contributed by atoms with Crippen LogP contribution in [-0.4, -0.2) is 5.11 Å². The first kappa shape index (κ1) is 39.2. The predicted molar refractivity (Wildman–Crippen MR) is 202 cm³/mol. The third-order valence-corrected chi connectivity index (χ3v) is 10.1. The van der Waals surface area contributed by atoms with Gasteiger partial charge < -0.3 is 5.11 Å². The highest BCUT2D eigenvalue weighted by Gasteiger charge is 2.32. The summed E-state index contributed by atoms with van der Waals surface area (Å²) in [6.07, 6.45) is 31.1. The molecule has 0 aromatic heterocycles. The van der Waals surface area contributed by atoms with Crippen molar-refractivity contribution in [2.75, 3.05) is 0 Å². The van der Waals surface area contributed by atoms with Crippen molar-refractivity contribution in [3.05, 3.63) is 104 Å². The van der Waals surface area contributed by atoms with E-state index in [1.807, 2.05) is 6.07 Å². The number of hydrogen-bond acceptors (Lipinski definition) is 3. The van der Waals surface area contributed by atoms with Crippen molar-refractivity contribution in [2.45, 2.75) is 158 Å². The largest absolute Gasteiger partial charge is 0.515 e. The van der Waals surface area contributed by atoms with E-state index in [0.717, 1.165) is 48.8 Å². The summed E-state index contributed by atoms with van der Waals surface area (Å²) in [6.45, 7) is 20.1. The molecule has 0 heterocycles. The van der Waals surface area contributed by atoms with Gasteiger partial charge in [-0.25, -0.2) is 0 Å². The van der Waals surface area contributed by atoms with Crippen LogP contribution >= 0.6 is 0 Å². The number of aliphatic hydroxyl groups excluding tert-OH is 1. The van der Waals surface area contributed by atoms with Gasteiger partial charge in [0.1, 0.15) is 5.69 Å². The van der Waals surface area contributed by atoms with E-state index in [4.69, 9.17) is 0 Å². The average molecular weight is 628 g/mol. The van der Waals surface area contributed by atoms with Crippen molar-refractivity contribution in [3.8, 4) is 0 Å². The van der Waals surface area contributed by atoms with E-state index < -0.39 is 0 Å². The Kier molecular flexibility index (Phi) is 16.8. The van der Waals surface area contributed by atoms with Gasteiger partial charge in [0.2, 0.25) is 0 Å². The first-order valence-corrected chi connectivity index (χ1v) is 18.2. The van der Waals surface area contributed by atoms with Crippen LogP contribution in [0.3, 0.4) is 0 Å². The zero-order chi connectivity index (χ0) is 34.2. The highest BCUT2D eigenvalue weighted by Crippen LogP contribution is 2.45. The van der Waals surface area contributed by atoms with Crippen LogP contribution in [0.2, 0.25) is 0 Å². The molecule has 0 unspecified atom stereocenters. The van der Waals surface area contributed by atoms with E-state index in [1.54, 1.807) is 0 Å². The lowest BCUT2D eigenvalue weighted by molar-refractivity contribution is 0.464.